The van der Waals surface area contributed by atoms with Gasteiger partial charge in [-0.15, -0.1) is 0 Å². The highest BCUT2D eigenvalue weighted by Gasteiger charge is 2.26. The van der Waals surface area contributed by atoms with Crippen molar-refractivity contribution in [3.63, 3.8) is 0 Å². The number of piperidine rings is 1. The van der Waals surface area contributed by atoms with Crippen LogP contribution in [0.3, 0.4) is 0 Å². The first-order chi connectivity index (χ1) is 9.25. The highest BCUT2D eigenvalue weighted by molar-refractivity contribution is 6.03. The molecule has 1 atom stereocenters. The van der Waals surface area contributed by atoms with Crippen LogP contribution in [0.25, 0.3) is 0 Å². The number of nitrogens with one attached hydrogen (secondary N) is 1. The van der Waals surface area contributed by atoms with Crippen LogP contribution in [0.2, 0.25) is 0 Å². The van der Waals surface area contributed by atoms with Crippen molar-refractivity contribution in [2.24, 2.45) is 5.92 Å². The van der Waals surface area contributed by atoms with E-state index in [0.29, 0.717) is 36.0 Å². The number of anilines is 1. The minimum absolute atomic E-state index is 0.0126. The predicted octanol–water partition coefficient (Wildman–Crippen LogP) is 1.22. The van der Waals surface area contributed by atoms with Gasteiger partial charge in [0, 0.05) is 29.8 Å². The Morgan fingerprint density at radius 3 is 2.68 bits per heavy atom. The Labute approximate surface area is 112 Å². The van der Waals surface area contributed by atoms with Crippen LogP contribution < -0.4 is 20.5 Å². The van der Waals surface area contributed by atoms with Crippen molar-refractivity contribution in [2.75, 3.05) is 32.0 Å². The number of Topliss-reactive ketones (excluding diaryl/α,β-unsaturated/α-hetero) is 1. The largest absolute Gasteiger partial charge is 0.486 e. The summed E-state index contributed by atoms with van der Waals surface area (Å²) in [6.07, 6.45) is 1.95. The van der Waals surface area contributed by atoms with Gasteiger partial charge in [0.05, 0.1) is 0 Å². The molecule has 2 aliphatic rings. The molecule has 5 nitrogen and oxygen atoms in total. The maximum atomic E-state index is 12.5. The van der Waals surface area contributed by atoms with Gasteiger partial charge in [0.25, 0.3) is 0 Å². The zero-order valence-electron chi connectivity index (χ0n) is 10.8. The number of carbonyl (C=O) groups excluding carboxylic acids is 1. The molecule has 0 bridgehead atoms. The van der Waals surface area contributed by atoms with Gasteiger partial charge < -0.3 is 20.5 Å². The van der Waals surface area contributed by atoms with Gasteiger partial charge in [-0.3, -0.25) is 4.79 Å². The molecular weight excluding hydrogens is 244 g/mol. The molecule has 5 heteroatoms. The van der Waals surface area contributed by atoms with E-state index < -0.39 is 0 Å². The van der Waals surface area contributed by atoms with Gasteiger partial charge in [-0.05, 0) is 25.5 Å². The third-order valence-electron chi connectivity index (χ3n) is 3.65. The highest BCUT2D eigenvalue weighted by atomic mass is 16.6. The van der Waals surface area contributed by atoms with Crippen molar-refractivity contribution in [2.45, 2.75) is 12.8 Å². The highest BCUT2D eigenvalue weighted by Crippen LogP contribution is 2.35. The third kappa shape index (κ3) is 2.38. The summed E-state index contributed by atoms with van der Waals surface area (Å²) in [4.78, 5) is 12.5. The van der Waals surface area contributed by atoms with Crippen LogP contribution >= 0.6 is 0 Å². The summed E-state index contributed by atoms with van der Waals surface area (Å²) in [5, 5.41) is 3.25. The average molecular weight is 262 g/mol. The number of carbonyl (C=O) groups is 1. The van der Waals surface area contributed by atoms with Gasteiger partial charge in [0.2, 0.25) is 0 Å². The monoisotopic (exact) mass is 262 g/mol. The van der Waals surface area contributed by atoms with Gasteiger partial charge in [-0.1, -0.05) is 0 Å². The lowest BCUT2D eigenvalue weighted by atomic mass is 9.90. The van der Waals surface area contributed by atoms with Gasteiger partial charge in [0.15, 0.2) is 17.3 Å². The lowest BCUT2D eigenvalue weighted by Crippen LogP contribution is -2.34. The summed E-state index contributed by atoms with van der Waals surface area (Å²) >= 11 is 0. The molecule has 19 heavy (non-hydrogen) atoms. The van der Waals surface area contributed by atoms with Gasteiger partial charge in [-0.2, -0.15) is 0 Å². The number of hydrogen-bond donors (Lipinski definition) is 2. The smallest absolute Gasteiger partial charge is 0.169 e. The Morgan fingerprint density at radius 1 is 1.26 bits per heavy atom. The first kappa shape index (κ1) is 12.3. The van der Waals surface area contributed by atoms with E-state index >= 15 is 0 Å². The Kier molecular flexibility index (Phi) is 3.29. The molecule has 0 saturated carbocycles. The van der Waals surface area contributed by atoms with E-state index in [9.17, 15) is 4.79 Å². The Morgan fingerprint density at radius 2 is 2.00 bits per heavy atom. The Hall–Kier alpha value is -1.75. The average Bonchev–Trinajstić information content (AvgIpc) is 2.47. The van der Waals surface area contributed by atoms with E-state index in [1.54, 1.807) is 12.1 Å². The molecule has 0 radical (unpaired) electrons. The van der Waals surface area contributed by atoms with Gasteiger partial charge in [-0.25, -0.2) is 0 Å². The van der Waals surface area contributed by atoms with Gasteiger partial charge in [0.1, 0.15) is 13.2 Å². The zero-order valence-corrected chi connectivity index (χ0v) is 10.8. The summed E-state index contributed by atoms with van der Waals surface area (Å²) in [6.45, 7) is 2.74. The van der Waals surface area contributed by atoms with Crippen molar-refractivity contribution in [1.82, 2.24) is 5.32 Å². The molecule has 1 unspecified atom stereocenters. The quantitative estimate of drug-likeness (QED) is 0.619. The lowest BCUT2D eigenvalue weighted by molar-refractivity contribution is 0.0899. The van der Waals surface area contributed by atoms with Crippen LogP contribution in [0, 0.1) is 5.92 Å². The first-order valence-corrected chi connectivity index (χ1v) is 6.70. The van der Waals surface area contributed by atoms with Crippen LogP contribution in [-0.2, 0) is 0 Å². The number of hydrogen-bond acceptors (Lipinski definition) is 5. The van der Waals surface area contributed by atoms with Crippen molar-refractivity contribution in [3.8, 4) is 11.5 Å². The topological polar surface area (TPSA) is 73.6 Å². The zero-order chi connectivity index (χ0) is 13.2. The summed E-state index contributed by atoms with van der Waals surface area (Å²) in [6, 6.07) is 3.42. The van der Waals surface area contributed by atoms with Crippen molar-refractivity contribution in [3.05, 3.63) is 17.7 Å². The standard InChI is InChI=1S/C14H18N2O3/c15-11-7-13-12(18-4-5-19-13)6-10(11)14(17)9-2-1-3-16-8-9/h6-7,9,16H,1-5,8,15H2. The predicted molar refractivity (Wildman–Crippen MR) is 71.8 cm³/mol. The van der Waals surface area contributed by atoms with Crippen LogP contribution in [0.1, 0.15) is 23.2 Å². The van der Waals surface area contributed by atoms with E-state index in [-0.39, 0.29) is 11.7 Å². The number of ketones is 1. The first-order valence-electron chi connectivity index (χ1n) is 6.70. The maximum Gasteiger partial charge on any atom is 0.169 e. The molecule has 3 rings (SSSR count). The van der Waals surface area contributed by atoms with E-state index in [1.807, 2.05) is 0 Å². The molecule has 102 valence electrons. The molecule has 1 fully saturated rings. The van der Waals surface area contributed by atoms with Crippen LogP contribution in [-0.4, -0.2) is 32.1 Å². The number of benzene rings is 1. The Balaban J connectivity index is 1.89. The van der Waals surface area contributed by atoms with Crippen LogP contribution in [0.5, 0.6) is 11.5 Å². The fraction of sp³-hybridized carbons (Fsp3) is 0.500. The van der Waals surface area contributed by atoms with E-state index in [4.69, 9.17) is 15.2 Å². The fourth-order valence-corrected chi connectivity index (χ4v) is 2.61. The Bertz CT molecular complexity index is 496. The van der Waals surface area contributed by atoms with Crippen LogP contribution in [0.4, 0.5) is 5.69 Å². The normalized spacial score (nSPS) is 22.0. The lowest BCUT2D eigenvalue weighted by Gasteiger charge is -2.24. The molecule has 1 saturated heterocycles. The number of nitrogen functional groups attached to an aromatic ring is 1. The van der Waals surface area contributed by atoms with Gasteiger partial charge >= 0.3 is 0 Å². The number of fused-ring (bicyclic) bond motifs is 1. The molecule has 2 heterocycles. The maximum absolute atomic E-state index is 12.5. The summed E-state index contributed by atoms with van der Waals surface area (Å²) < 4.78 is 11.0. The second-order valence-electron chi connectivity index (χ2n) is 4.99. The molecular formula is C14H18N2O3. The van der Waals surface area contributed by atoms with Crippen molar-refractivity contribution < 1.29 is 14.3 Å². The summed E-state index contributed by atoms with van der Waals surface area (Å²) in [7, 11) is 0. The number of nitrogens with two attached hydrogens (primary N) is 1. The van der Waals surface area contributed by atoms with E-state index in [1.165, 1.54) is 0 Å². The summed E-state index contributed by atoms with van der Waals surface area (Å²) in [5.41, 5.74) is 7.00. The molecule has 3 N–H and O–H groups in total. The summed E-state index contributed by atoms with van der Waals surface area (Å²) in [5.74, 6) is 1.36. The molecule has 0 aromatic heterocycles. The van der Waals surface area contributed by atoms with Crippen molar-refractivity contribution in [1.29, 1.82) is 0 Å². The van der Waals surface area contributed by atoms with E-state index in [2.05, 4.69) is 5.32 Å². The molecule has 1 aromatic carbocycles. The SMILES string of the molecule is Nc1cc2c(cc1C(=O)C1CCCNC1)OCCO2. The molecule has 1 aromatic rings. The fourth-order valence-electron chi connectivity index (χ4n) is 2.61. The van der Waals surface area contributed by atoms with E-state index in [0.717, 1.165) is 25.9 Å². The third-order valence-corrected chi connectivity index (χ3v) is 3.65. The molecule has 0 spiro atoms. The van der Waals surface area contributed by atoms with Crippen LogP contribution in [0.15, 0.2) is 12.1 Å². The second kappa shape index (κ2) is 5.09. The van der Waals surface area contributed by atoms with Crippen molar-refractivity contribution >= 4 is 11.5 Å². The number of ether oxygens (including phenoxy) is 2. The molecule has 2 aliphatic heterocycles. The minimum Gasteiger partial charge on any atom is -0.486 e. The molecule has 0 amide bonds. The molecule has 0 aliphatic carbocycles. The second-order valence-corrected chi connectivity index (χ2v) is 4.99. The number of rotatable bonds is 2. The minimum atomic E-state index is 0.0126.